The van der Waals surface area contributed by atoms with Crippen molar-refractivity contribution in [1.29, 1.82) is 0 Å². The van der Waals surface area contributed by atoms with E-state index in [2.05, 4.69) is 10.4 Å². The molecule has 2 aromatic carbocycles. The molecule has 0 saturated heterocycles. The Labute approximate surface area is 181 Å². The molecule has 7 nitrogen and oxygen atoms in total. The lowest BCUT2D eigenvalue weighted by molar-refractivity contribution is 0.0929. The molecule has 1 atom stereocenters. The maximum atomic E-state index is 13.3. The summed E-state index contributed by atoms with van der Waals surface area (Å²) in [5.74, 6) is -0.588. The third-order valence-electron chi connectivity index (χ3n) is 5.14. The fourth-order valence-corrected chi connectivity index (χ4v) is 3.42. The molecule has 162 valence electrons. The topological polar surface area (TPSA) is 86.0 Å². The zero-order valence-electron chi connectivity index (χ0n) is 18.6. The number of hydrogen-bond acceptors (Lipinski definition) is 4. The lowest BCUT2D eigenvalue weighted by Crippen LogP contribution is -2.47. The van der Waals surface area contributed by atoms with Crippen LogP contribution < -0.4 is 16.6 Å². The summed E-state index contributed by atoms with van der Waals surface area (Å²) >= 11 is 0. The number of amides is 1. The van der Waals surface area contributed by atoms with Crippen LogP contribution >= 0.6 is 0 Å². The Morgan fingerprint density at radius 1 is 1.03 bits per heavy atom. The van der Waals surface area contributed by atoms with Gasteiger partial charge in [0.25, 0.3) is 11.5 Å². The highest BCUT2D eigenvalue weighted by molar-refractivity contribution is 5.91. The molecule has 0 aliphatic rings. The van der Waals surface area contributed by atoms with Crippen molar-refractivity contribution >= 4 is 5.91 Å². The largest absolute Gasteiger partial charge is 0.352 e. The quantitative estimate of drug-likeness (QED) is 0.664. The van der Waals surface area contributed by atoms with Gasteiger partial charge in [-0.2, -0.15) is 9.78 Å². The second-order valence-electron chi connectivity index (χ2n) is 8.05. The Kier molecular flexibility index (Phi) is 6.53. The lowest BCUT2D eigenvalue weighted by atomic mass is 10.1. The van der Waals surface area contributed by atoms with Crippen LogP contribution in [0.3, 0.4) is 0 Å². The molecule has 7 heteroatoms. The summed E-state index contributed by atoms with van der Waals surface area (Å²) in [5, 5.41) is 6.97. The van der Waals surface area contributed by atoms with Gasteiger partial charge in [-0.05, 0) is 62.9 Å². The minimum Gasteiger partial charge on any atom is -0.348 e. The van der Waals surface area contributed by atoms with Crippen molar-refractivity contribution in [3.63, 3.8) is 0 Å². The first-order valence-electron chi connectivity index (χ1n) is 10.4. The van der Waals surface area contributed by atoms with Crippen molar-refractivity contribution in [2.45, 2.75) is 53.6 Å². The molecule has 1 heterocycles. The van der Waals surface area contributed by atoms with E-state index in [9.17, 15) is 14.4 Å². The standard InChI is InChI=1S/C24H28N4O3/c1-6-18(5)25-22(29)21-23(30)27(14-19-9-7-8-15(2)11-19)24(31)28(26-21)20-12-16(3)10-17(4)13-20/h7-13,18H,6,14H2,1-5H3,(H,25,29). The highest BCUT2D eigenvalue weighted by atomic mass is 16.2. The first-order chi connectivity index (χ1) is 14.7. The van der Waals surface area contributed by atoms with Crippen LogP contribution in [0.25, 0.3) is 5.69 Å². The second-order valence-corrected chi connectivity index (χ2v) is 8.05. The summed E-state index contributed by atoms with van der Waals surface area (Å²) in [4.78, 5) is 39.2. The second kappa shape index (κ2) is 9.12. The molecule has 3 aromatic rings. The molecule has 1 aromatic heterocycles. The Morgan fingerprint density at radius 3 is 2.32 bits per heavy atom. The average molecular weight is 421 g/mol. The van der Waals surface area contributed by atoms with Crippen LogP contribution in [0.2, 0.25) is 0 Å². The summed E-state index contributed by atoms with van der Waals surface area (Å²) in [6.45, 7) is 9.61. The van der Waals surface area contributed by atoms with Crippen LogP contribution in [0, 0.1) is 20.8 Å². The van der Waals surface area contributed by atoms with Gasteiger partial charge in [-0.15, -0.1) is 0 Å². The van der Waals surface area contributed by atoms with Gasteiger partial charge in [0, 0.05) is 6.04 Å². The van der Waals surface area contributed by atoms with E-state index < -0.39 is 17.2 Å². The van der Waals surface area contributed by atoms with Gasteiger partial charge >= 0.3 is 5.69 Å². The highest BCUT2D eigenvalue weighted by Gasteiger charge is 2.21. The highest BCUT2D eigenvalue weighted by Crippen LogP contribution is 2.11. The fourth-order valence-electron chi connectivity index (χ4n) is 3.42. The fraction of sp³-hybridized carbons (Fsp3) is 0.333. The first-order valence-corrected chi connectivity index (χ1v) is 10.4. The molecular formula is C24H28N4O3. The maximum Gasteiger partial charge on any atom is 0.352 e. The van der Waals surface area contributed by atoms with Crippen LogP contribution in [0.4, 0.5) is 0 Å². The molecule has 31 heavy (non-hydrogen) atoms. The number of carbonyl (C=O) groups is 1. The average Bonchev–Trinajstić information content (AvgIpc) is 2.70. The van der Waals surface area contributed by atoms with Crippen LogP contribution in [0.1, 0.15) is 53.0 Å². The van der Waals surface area contributed by atoms with E-state index >= 15 is 0 Å². The molecule has 0 saturated carbocycles. The lowest BCUT2D eigenvalue weighted by Gasteiger charge is -2.15. The van der Waals surface area contributed by atoms with Gasteiger partial charge in [-0.25, -0.2) is 4.79 Å². The Balaban J connectivity index is 2.23. The van der Waals surface area contributed by atoms with Gasteiger partial charge in [0.15, 0.2) is 0 Å². The summed E-state index contributed by atoms with van der Waals surface area (Å²) in [6.07, 6.45) is 0.708. The molecule has 1 amide bonds. The van der Waals surface area contributed by atoms with Crippen molar-refractivity contribution in [1.82, 2.24) is 19.7 Å². The molecule has 0 spiro atoms. The molecule has 1 N–H and O–H groups in total. The number of hydrogen-bond donors (Lipinski definition) is 1. The smallest absolute Gasteiger partial charge is 0.348 e. The van der Waals surface area contributed by atoms with E-state index in [1.54, 1.807) is 12.1 Å². The monoisotopic (exact) mass is 420 g/mol. The van der Waals surface area contributed by atoms with Crippen molar-refractivity contribution in [3.8, 4) is 5.69 Å². The molecule has 1 unspecified atom stereocenters. The van der Waals surface area contributed by atoms with E-state index in [1.807, 2.05) is 65.0 Å². The van der Waals surface area contributed by atoms with E-state index in [0.29, 0.717) is 12.1 Å². The maximum absolute atomic E-state index is 13.3. The zero-order valence-corrected chi connectivity index (χ0v) is 18.6. The van der Waals surface area contributed by atoms with E-state index in [1.165, 1.54) is 0 Å². The van der Waals surface area contributed by atoms with Crippen molar-refractivity contribution in [2.24, 2.45) is 0 Å². The number of carbonyl (C=O) groups excluding carboxylic acids is 1. The normalized spacial score (nSPS) is 11.9. The van der Waals surface area contributed by atoms with Crippen molar-refractivity contribution in [2.75, 3.05) is 0 Å². The molecule has 0 bridgehead atoms. The van der Waals surface area contributed by atoms with Gasteiger partial charge < -0.3 is 5.32 Å². The predicted molar refractivity (Wildman–Crippen MR) is 121 cm³/mol. The van der Waals surface area contributed by atoms with Gasteiger partial charge in [-0.3, -0.25) is 14.2 Å². The number of nitrogens with one attached hydrogen (secondary N) is 1. The predicted octanol–water partition coefficient (Wildman–Crippen LogP) is 2.90. The Morgan fingerprint density at radius 2 is 1.71 bits per heavy atom. The van der Waals surface area contributed by atoms with Gasteiger partial charge in [0.1, 0.15) is 0 Å². The minimum absolute atomic E-state index is 0.0519. The molecule has 0 aliphatic heterocycles. The molecule has 0 aliphatic carbocycles. The Hall–Kier alpha value is -3.48. The SMILES string of the molecule is CCC(C)NC(=O)c1nn(-c2cc(C)cc(C)c2)c(=O)n(Cc2cccc(C)c2)c1=O. The van der Waals surface area contributed by atoms with Gasteiger partial charge in [0.05, 0.1) is 12.2 Å². The summed E-state index contributed by atoms with van der Waals surface area (Å²) in [5.41, 5.74) is 2.64. The van der Waals surface area contributed by atoms with Crippen LogP contribution in [-0.4, -0.2) is 26.3 Å². The molecule has 0 radical (unpaired) electrons. The van der Waals surface area contributed by atoms with E-state index in [0.717, 1.165) is 31.5 Å². The summed E-state index contributed by atoms with van der Waals surface area (Å²) in [6, 6.07) is 13.0. The summed E-state index contributed by atoms with van der Waals surface area (Å²) < 4.78 is 2.22. The third-order valence-corrected chi connectivity index (χ3v) is 5.14. The van der Waals surface area contributed by atoms with Crippen LogP contribution in [0.5, 0.6) is 0 Å². The van der Waals surface area contributed by atoms with E-state index in [4.69, 9.17) is 0 Å². The van der Waals surface area contributed by atoms with Gasteiger partial charge in [-0.1, -0.05) is 42.8 Å². The van der Waals surface area contributed by atoms with E-state index in [-0.39, 0.29) is 18.3 Å². The molecule has 0 fully saturated rings. The number of aryl methyl sites for hydroxylation is 3. The number of benzene rings is 2. The van der Waals surface area contributed by atoms with Crippen molar-refractivity contribution < 1.29 is 4.79 Å². The van der Waals surface area contributed by atoms with Crippen LogP contribution in [-0.2, 0) is 6.54 Å². The molecular weight excluding hydrogens is 392 g/mol. The minimum atomic E-state index is -0.701. The summed E-state index contributed by atoms with van der Waals surface area (Å²) in [7, 11) is 0. The molecule has 3 rings (SSSR count). The van der Waals surface area contributed by atoms with Crippen LogP contribution in [0.15, 0.2) is 52.1 Å². The number of nitrogens with zero attached hydrogens (tertiary/aromatic N) is 3. The number of rotatable bonds is 6. The Bertz CT molecular complexity index is 1220. The number of aromatic nitrogens is 3. The zero-order chi connectivity index (χ0) is 22.7. The third kappa shape index (κ3) is 4.99. The van der Waals surface area contributed by atoms with Crippen molar-refractivity contribution in [3.05, 3.63) is 91.3 Å². The van der Waals surface area contributed by atoms with Gasteiger partial charge in [0.2, 0.25) is 5.69 Å². The first kappa shape index (κ1) is 22.2.